The minimum Gasteiger partial charge on any atom is -0.467 e. The fourth-order valence-electron chi connectivity index (χ4n) is 5.74. The first-order valence-corrected chi connectivity index (χ1v) is 14.0. The third kappa shape index (κ3) is 4.19. The van der Waals surface area contributed by atoms with Gasteiger partial charge in [-0.3, -0.25) is 0 Å². The van der Waals surface area contributed by atoms with Crippen LogP contribution in [0.15, 0.2) is 112 Å². The van der Waals surface area contributed by atoms with Crippen LogP contribution in [-0.4, -0.2) is 34.5 Å². The van der Waals surface area contributed by atoms with E-state index in [2.05, 4.69) is 59.3 Å². The van der Waals surface area contributed by atoms with Crippen LogP contribution in [0.3, 0.4) is 0 Å². The molecule has 204 valence electrons. The smallest absolute Gasteiger partial charge is 0.179 e. The fourth-order valence-corrected chi connectivity index (χ4v) is 5.74. The third-order valence-corrected chi connectivity index (χ3v) is 7.71. The molecule has 0 radical (unpaired) electrons. The molecule has 0 unspecified atom stereocenters. The molecular formula is C33H31N7O. The van der Waals surface area contributed by atoms with E-state index >= 15 is 0 Å². The summed E-state index contributed by atoms with van der Waals surface area (Å²) in [7, 11) is 0. The number of aromatic nitrogens is 2. The van der Waals surface area contributed by atoms with Crippen molar-refractivity contribution >= 4 is 40.2 Å². The Morgan fingerprint density at radius 3 is 2.34 bits per heavy atom. The molecule has 8 nitrogen and oxygen atoms in total. The largest absolute Gasteiger partial charge is 0.467 e. The molecule has 1 N–H and O–H groups in total. The van der Waals surface area contributed by atoms with Gasteiger partial charge in [0.1, 0.15) is 11.8 Å². The quantitative estimate of drug-likeness (QED) is 0.242. The topological polar surface area (TPSA) is 74.2 Å². The molecule has 5 aromatic rings. The van der Waals surface area contributed by atoms with Crippen LogP contribution in [0.1, 0.15) is 36.9 Å². The van der Waals surface area contributed by atoms with Crippen molar-refractivity contribution in [3.05, 3.63) is 114 Å². The zero-order chi connectivity index (χ0) is 27.9. The summed E-state index contributed by atoms with van der Waals surface area (Å²) >= 11 is 0. The maximum Gasteiger partial charge on any atom is 0.179 e. The lowest BCUT2D eigenvalue weighted by Crippen LogP contribution is -2.46. The lowest BCUT2D eigenvalue weighted by atomic mass is 9.98. The Balaban J connectivity index is 1.40. The standard InChI is InChI=1S/C33H31N7O/c1-4-38(5-2)24-19-17-23(18-20-24)34-31-33-36-32-29(22(3)37-40(32)25-12-7-6-8-13-25)30(28-16-11-21-41-28)39(33)27-15-10-9-14-26(27)35-31/h6-21,30H,4-5H2,1-3H3,(H,34,35)/t30-/m1/s1. The first-order chi connectivity index (χ1) is 20.2. The molecule has 3 aromatic carbocycles. The molecule has 2 aliphatic heterocycles. The minimum absolute atomic E-state index is 0.275. The Kier molecular flexibility index (Phi) is 6.15. The normalized spacial score (nSPS) is 15.4. The van der Waals surface area contributed by atoms with Crippen LogP contribution in [0, 0.1) is 6.92 Å². The Morgan fingerprint density at radius 1 is 0.854 bits per heavy atom. The van der Waals surface area contributed by atoms with Crippen molar-refractivity contribution in [1.29, 1.82) is 0 Å². The summed E-state index contributed by atoms with van der Waals surface area (Å²) in [6.07, 6.45) is 1.72. The molecular weight excluding hydrogens is 510 g/mol. The van der Waals surface area contributed by atoms with Gasteiger partial charge in [-0.1, -0.05) is 30.3 Å². The molecule has 7 rings (SSSR count). The number of aliphatic imine (C=N–C) groups is 2. The van der Waals surface area contributed by atoms with Gasteiger partial charge in [-0.05, 0) is 81.4 Å². The van der Waals surface area contributed by atoms with Gasteiger partial charge in [-0.25, -0.2) is 14.7 Å². The molecule has 2 aromatic heterocycles. The number of nitrogens with zero attached hydrogens (tertiary/aromatic N) is 6. The lowest BCUT2D eigenvalue weighted by Gasteiger charge is -2.39. The van der Waals surface area contributed by atoms with Crippen molar-refractivity contribution < 1.29 is 4.42 Å². The van der Waals surface area contributed by atoms with Crippen molar-refractivity contribution in [1.82, 2.24) is 9.78 Å². The molecule has 0 saturated heterocycles. The molecule has 4 heterocycles. The predicted molar refractivity (Wildman–Crippen MR) is 166 cm³/mol. The first-order valence-electron chi connectivity index (χ1n) is 14.0. The Morgan fingerprint density at radius 2 is 1.61 bits per heavy atom. The van der Waals surface area contributed by atoms with Gasteiger partial charge < -0.3 is 19.5 Å². The van der Waals surface area contributed by atoms with Crippen LogP contribution in [0.5, 0.6) is 0 Å². The average Bonchev–Trinajstić information content (AvgIpc) is 3.67. The second kappa shape index (κ2) is 10.1. The van der Waals surface area contributed by atoms with Gasteiger partial charge >= 0.3 is 0 Å². The summed E-state index contributed by atoms with van der Waals surface area (Å²) < 4.78 is 7.99. The Bertz CT molecular complexity index is 1750. The molecule has 0 amide bonds. The van der Waals surface area contributed by atoms with Crippen LogP contribution in [0.4, 0.5) is 28.6 Å². The van der Waals surface area contributed by atoms with Crippen LogP contribution < -0.4 is 15.1 Å². The number of benzene rings is 3. The zero-order valence-corrected chi connectivity index (χ0v) is 23.3. The molecule has 0 bridgehead atoms. The molecule has 0 spiro atoms. The van der Waals surface area contributed by atoms with Gasteiger partial charge in [-0.2, -0.15) is 5.10 Å². The highest BCUT2D eigenvalue weighted by Crippen LogP contribution is 2.48. The van der Waals surface area contributed by atoms with Crippen LogP contribution >= 0.6 is 0 Å². The first kappa shape index (κ1) is 24.9. The number of anilines is 3. The molecule has 8 heteroatoms. The summed E-state index contributed by atoms with van der Waals surface area (Å²) in [5.41, 5.74) is 6.81. The molecule has 0 fully saturated rings. The van der Waals surface area contributed by atoms with E-state index in [4.69, 9.17) is 19.5 Å². The number of nitrogens with one attached hydrogen (secondary N) is 1. The van der Waals surface area contributed by atoms with Crippen molar-refractivity contribution in [3.63, 3.8) is 0 Å². The summed E-state index contributed by atoms with van der Waals surface area (Å²) in [6.45, 7) is 8.30. The molecule has 0 aliphatic carbocycles. The van der Waals surface area contributed by atoms with Gasteiger partial charge in [0, 0.05) is 24.5 Å². The van der Waals surface area contributed by atoms with E-state index in [-0.39, 0.29) is 6.04 Å². The third-order valence-electron chi connectivity index (χ3n) is 7.71. The minimum atomic E-state index is -0.275. The number of hydrogen-bond donors (Lipinski definition) is 1. The molecule has 1 atom stereocenters. The Labute approximate surface area is 239 Å². The van der Waals surface area contributed by atoms with Crippen LogP contribution in [0.25, 0.3) is 5.69 Å². The summed E-state index contributed by atoms with van der Waals surface area (Å²) in [5, 5.41) is 8.55. The number of hydrogen-bond acceptors (Lipinski definition) is 7. The SMILES string of the molecule is CCN(CC)c1ccc(NC2=Nc3ccccc3N3C2=Nc2c(c(C)nn2-c2ccccc2)[C@H]3c2ccco2)cc1. The van der Waals surface area contributed by atoms with Crippen molar-refractivity contribution in [2.75, 3.05) is 28.2 Å². The molecule has 41 heavy (non-hydrogen) atoms. The number of furan rings is 1. The van der Waals surface area contributed by atoms with E-state index < -0.39 is 0 Å². The van der Waals surface area contributed by atoms with E-state index in [0.29, 0.717) is 11.7 Å². The summed E-state index contributed by atoms with van der Waals surface area (Å²) in [4.78, 5) is 14.9. The number of fused-ring (bicyclic) bond motifs is 4. The van der Waals surface area contributed by atoms with E-state index in [0.717, 1.165) is 58.7 Å². The van der Waals surface area contributed by atoms with Gasteiger partial charge in [0.2, 0.25) is 0 Å². The van der Waals surface area contributed by atoms with E-state index in [1.165, 1.54) is 5.69 Å². The lowest BCUT2D eigenvalue weighted by molar-refractivity contribution is 0.487. The van der Waals surface area contributed by atoms with Gasteiger partial charge in [-0.15, -0.1) is 0 Å². The summed E-state index contributed by atoms with van der Waals surface area (Å²) in [5.74, 6) is 2.96. The van der Waals surface area contributed by atoms with Crippen LogP contribution in [-0.2, 0) is 0 Å². The summed E-state index contributed by atoms with van der Waals surface area (Å²) in [6, 6.07) is 30.4. The highest BCUT2D eigenvalue weighted by Gasteiger charge is 2.42. The maximum absolute atomic E-state index is 6.08. The second-order valence-electron chi connectivity index (χ2n) is 10.1. The molecule has 0 saturated carbocycles. The predicted octanol–water partition coefficient (Wildman–Crippen LogP) is 7.42. The van der Waals surface area contributed by atoms with Crippen molar-refractivity contribution in [3.8, 4) is 5.69 Å². The second-order valence-corrected chi connectivity index (χ2v) is 10.1. The highest BCUT2D eigenvalue weighted by molar-refractivity contribution is 6.51. The van der Waals surface area contributed by atoms with Gasteiger partial charge in [0.05, 0.1) is 34.6 Å². The van der Waals surface area contributed by atoms with Crippen molar-refractivity contribution in [2.45, 2.75) is 26.8 Å². The van der Waals surface area contributed by atoms with Gasteiger partial charge in [0.15, 0.2) is 17.5 Å². The van der Waals surface area contributed by atoms with Crippen LogP contribution in [0.2, 0.25) is 0 Å². The van der Waals surface area contributed by atoms with E-state index in [1.54, 1.807) is 6.26 Å². The fraction of sp³-hybridized carbons (Fsp3) is 0.182. The Hall–Kier alpha value is -5.11. The van der Waals surface area contributed by atoms with E-state index in [9.17, 15) is 0 Å². The average molecular weight is 542 g/mol. The number of amidine groups is 2. The highest BCUT2D eigenvalue weighted by atomic mass is 16.3. The number of para-hydroxylation sites is 3. The van der Waals surface area contributed by atoms with Gasteiger partial charge in [0.25, 0.3) is 0 Å². The number of aryl methyl sites for hydroxylation is 1. The number of rotatable bonds is 6. The monoisotopic (exact) mass is 541 g/mol. The van der Waals surface area contributed by atoms with E-state index in [1.807, 2.05) is 72.3 Å². The molecule has 2 aliphatic rings. The zero-order valence-electron chi connectivity index (χ0n) is 23.3. The van der Waals surface area contributed by atoms with Crippen molar-refractivity contribution in [2.24, 2.45) is 9.98 Å². The maximum atomic E-state index is 6.08.